The summed E-state index contributed by atoms with van der Waals surface area (Å²) in [6, 6.07) is 62.7. The predicted molar refractivity (Wildman–Crippen MR) is 294 cm³/mol. The predicted octanol–water partition coefficient (Wildman–Crippen LogP) is 18.0. The molecule has 3 aromatic heterocycles. The molecule has 6 heteroatoms. The van der Waals surface area contributed by atoms with Crippen molar-refractivity contribution in [2.45, 2.75) is 85.9 Å². The van der Waals surface area contributed by atoms with Gasteiger partial charge in [-0.1, -0.05) is 163 Å². The zero-order chi connectivity index (χ0) is 50.9. The maximum atomic E-state index is 7.96. The summed E-state index contributed by atoms with van der Waals surface area (Å²) in [7, 11) is 0. The van der Waals surface area contributed by atoms with Crippen LogP contribution in [0.2, 0.25) is 0 Å². The molecule has 12 rings (SSSR count). The van der Waals surface area contributed by atoms with Gasteiger partial charge >= 0.3 is 0 Å². The van der Waals surface area contributed by atoms with Crippen molar-refractivity contribution in [1.82, 2.24) is 19.1 Å². The van der Waals surface area contributed by atoms with Crippen LogP contribution in [0.15, 0.2) is 168 Å². The SMILES string of the molecule is CC(C)c1cccc(C(C)C)c1-n1c(-c2[c-]cccc2)nc2ccccc21.[2H]C([2H])([2H])c1ccc2ccc3cc4c(cc3c2c1)oc1c(-c2nc3ccccc3n2-c2c(C(C)C)cccc2C(C)C)[c-]ccc14.[Ir]. The summed E-state index contributed by atoms with van der Waals surface area (Å²) in [5, 5.41) is 5.86. The van der Waals surface area contributed by atoms with Crippen molar-refractivity contribution in [2.75, 3.05) is 0 Å². The fourth-order valence-corrected chi connectivity index (χ4v) is 10.4. The van der Waals surface area contributed by atoms with Gasteiger partial charge in [0.25, 0.3) is 0 Å². The van der Waals surface area contributed by atoms with Gasteiger partial charge in [-0.05, 0) is 111 Å². The first-order valence-electron chi connectivity index (χ1n) is 26.1. The Morgan fingerprint density at radius 2 is 1.01 bits per heavy atom. The second-order valence-electron chi connectivity index (χ2n) is 19.8. The van der Waals surface area contributed by atoms with Gasteiger partial charge in [-0.2, -0.15) is 0 Å². The zero-order valence-corrected chi connectivity index (χ0v) is 43.8. The smallest absolute Gasteiger partial charge is 0.121 e. The molecule has 0 fully saturated rings. The van der Waals surface area contributed by atoms with Gasteiger partial charge in [0.05, 0.1) is 39.3 Å². The third-order valence-electron chi connectivity index (χ3n) is 13.8. The van der Waals surface area contributed by atoms with Crippen molar-refractivity contribution in [3.05, 3.63) is 204 Å². The van der Waals surface area contributed by atoms with Crippen molar-refractivity contribution >= 4 is 65.6 Å². The molecule has 0 bridgehead atoms. The quantitative estimate of drug-likeness (QED) is 0.113. The first kappa shape index (κ1) is 43.9. The molecule has 5 nitrogen and oxygen atoms in total. The van der Waals surface area contributed by atoms with Crippen LogP contribution in [0.5, 0.6) is 0 Å². The van der Waals surface area contributed by atoms with Crippen LogP contribution in [0, 0.1) is 19.0 Å². The average Bonchev–Trinajstić information content (AvgIpc) is 4.09. The number of nitrogens with zero attached hydrogens (tertiary/aromatic N) is 4. The Morgan fingerprint density at radius 3 is 1.59 bits per heavy atom. The molecule has 0 N–H and O–H groups in total. The van der Waals surface area contributed by atoms with Crippen molar-refractivity contribution in [1.29, 1.82) is 0 Å². The molecule has 0 atom stereocenters. The molecular formula is C65H58IrN4O-2. The summed E-state index contributed by atoms with van der Waals surface area (Å²) >= 11 is 0. The molecule has 355 valence electrons. The van der Waals surface area contributed by atoms with Gasteiger partial charge in [-0.15, -0.1) is 54.1 Å². The number of aromatic nitrogens is 4. The average molecular weight is 1110 g/mol. The Bertz CT molecular complexity index is 3990. The number of fused-ring (bicyclic) bond motifs is 8. The van der Waals surface area contributed by atoms with E-state index < -0.39 is 6.85 Å². The summed E-state index contributed by atoms with van der Waals surface area (Å²) in [6.07, 6.45) is 0. The van der Waals surface area contributed by atoms with E-state index in [1.165, 1.54) is 33.6 Å². The van der Waals surface area contributed by atoms with Crippen molar-refractivity contribution in [3.8, 4) is 34.2 Å². The Balaban J connectivity index is 0.000000191. The summed E-state index contributed by atoms with van der Waals surface area (Å²) in [6.45, 7) is 15.8. The minimum atomic E-state index is -2.18. The molecule has 0 aliphatic heterocycles. The van der Waals surface area contributed by atoms with Crippen molar-refractivity contribution in [3.63, 3.8) is 0 Å². The number of para-hydroxylation sites is 6. The molecule has 71 heavy (non-hydrogen) atoms. The molecule has 0 spiro atoms. The number of benzene rings is 9. The minimum absolute atomic E-state index is 0. The number of furan rings is 1. The van der Waals surface area contributed by atoms with E-state index in [-0.39, 0.29) is 20.1 Å². The van der Waals surface area contributed by atoms with Crippen LogP contribution < -0.4 is 0 Å². The number of hydrogen-bond donors (Lipinski definition) is 0. The molecule has 12 aromatic rings. The number of imidazole rings is 2. The number of hydrogen-bond acceptors (Lipinski definition) is 3. The van der Waals surface area contributed by atoms with Crippen LogP contribution in [-0.2, 0) is 20.1 Å². The molecule has 3 heterocycles. The van der Waals surface area contributed by atoms with Gasteiger partial charge in [0.15, 0.2) is 0 Å². The third-order valence-corrected chi connectivity index (χ3v) is 13.8. The fourth-order valence-electron chi connectivity index (χ4n) is 10.4. The van der Waals surface area contributed by atoms with Crippen LogP contribution in [0.25, 0.3) is 99.7 Å². The minimum Gasteiger partial charge on any atom is -0.501 e. The van der Waals surface area contributed by atoms with E-state index in [1.807, 2.05) is 42.5 Å². The third kappa shape index (κ3) is 8.37. The van der Waals surface area contributed by atoms with Gasteiger partial charge in [0, 0.05) is 41.0 Å². The first-order chi connectivity index (χ1) is 35.2. The van der Waals surface area contributed by atoms with E-state index in [1.54, 1.807) is 12.1 Å². The van der Waals surface area contributed by atoms with Crippen LogP contribution in [0.1, 0.15) is 111 Å². The van der Waals surface area contributed by atoms with Gasteiger partial charge in [-0.25, -0.2) is 0 Å². The maximum absolute atomic E-state index is 7.96. The van der Waals surface area contributed by atoms with E-state index in [4.69, 9.17) is 18.5 Å². The summed E-state index contributed by atoms with van der Waals surface area (Å²) < 4.78 is 35.3. The van der Waals surface area contributed by atoms with E-state index in [2.05, 4.69) is 186 Å². The van der Waals surface area contributed by atoms with Gasteiger partial charge < -0.3 is 13.6 Å². The van der Waals surface area contributed by atoms with Crippen molar-refractivity contribution in [2.24, 2.45) is 0 Å². The van der Waals surface area contributed by atoms with Crippen LogP contribution in [0.4, 0.5) is 0 Å². The molecule has 0 saturated carbocycles. The van der Waals surface area contributed by atoms with Crippen LogP contribution in [-0.4, -0.2) is 19.1 Å². The zero-order valence-electron chi connectivity index (χ0n) is 44.4. The maximum Gasteiger partial charge on any atom is 0.121 e. The summed E-state index contributed by atoms with van der Waals surface area (Å²) in [5.74, 6) is 3.20. The Hall–Kier alpha value is -7.11. The Morgan fingerprint density at radius 1 is 0.479 bits per heavy atom. The molecule has 0 unspecified atom stereocenters. The van der Waals surface area contributed by atoms with E-state index in [0.29, 0.717) is 29.2 Å². The van der Waals surface area contributed by atoms with E-state index >= 15 is 0 Å². The molecule has 1 radical (unpaired) electrons. The monoisotopic (exact) mass is 1110 g/mol. The topological polar surface area (TPSA) is 48.8 Å². The number of aryl methyl sites for hydroxylation is 1. The van der Waals surface area contributed by atoms with Gasteiger partial charge in [0.2, 0.25) is 0 Å². The second kappa shape index (κ2) is 19.2. The van der Waals surface area contributed by atoms with E-state index in [9.17, 15) is 0 Å². The fraction of sp³-hybridized carbons (Fsp3) is 0.200. The Kier molecular flexibility index (Phi) is 11.9. The standard InChI is InChI=1S/C40H33N2O.C25H25N2.Ir/c1-23(2)28-10-8-11-29(24(3)4)38(28)42-36-15-7-6-14-35(36)41-40(42)31-13-9-12-30-34-21-27-19-18-26-17-16-25(5)20-32(26)33(27)22-37(34)43-39(30)31;1-17(2)20-13-10-14-21(18(3)4)24(20)27-23-16-9-8-15-22(23)26-25(27)19-11-6-5-7-12-19;/h6-12,14-24H,1-5H3;5-11,13-18H,1-4H3;/q2*-1;/i5D3;;. The summed E-state index contributed by atoms with van der Waals surface area (Å²) in [5.41, 5.74) is 15.4. The van der Waals surface area contributed by atoms with E-state index in [0.717, 1.165) is 88.3 Å². The molecule has 0 aliphatic rings. The normalized spacial score (nSPS) is 12.6. The summed E-state index contributed by atoms with van der Waals surface area (Å²) in [4.78, 5) is 10.2. The molecule has 9 aromatic carbocycles. The molecular weight excluding hydrogens is 1040 g/mol. The Labute approximate surface area is 434 Å². The van der Waals surface area contributed by atoms with Gasteiger partial charge in [0.1, 0.15) is 5.58 Å². The van der Waals surface area contributed by atoms with Crippen molar-refractivity contribution < 1.29 is 28.6 Å². The molecule has 0 amide bonds. The molecule has 0 aliphatic carbocycles. The number of rotatable bonds is 8. The van der Waals surface area contributed by atoms with Gasteiger partial charge in [-0.3, -0.25) is 9.97 Å². The largest absolute Gasteiger partial charge is 0.501 e. The van der Waals surface area contributed by atoms with Crippen LogP contribution in [0.3, 0.4) is 0 Å². The second-order valence-corrected chi connectivity index (χ2v) is 19.8. The van der Waals surface area contributed by atoms with Crippen LogP contribution >= 0.6 is 0 Å². The first-order valence-corrected chi connectivity index (χ1v) is 24.6. The molecule has 0 saturated heterocycles.